The van der Waals surface area contributed by atoms with Gasteiger partial charge in [-0.05, 0) is 65.6 Å². The van der Waals surface area contributed by atoms with Crippen molar-refractivity contribution in [1.29, 1.82) is 0 Å². The van der Waals surface area contributed by atoms with Crippen molar-refractivity contribution in [3.8, 4) is 11.4 Å². The molecule has 0 bridgehead atoms. The summed E-state index contributed by atoms with van der Waals surface area (Å²) in [6.45, 7) is 1.55. The van der Waals surface area contributed by atoms with Crippen LogP contribution in [0.15, 0.2) is 88.6 Å². The van der Waals surface area contributed by atoms with Gasteiger partial charge in [0.25, 0.3) is 5.91 Å². The van der Waals surface area contributed by atoms with Crippen molar-refractivity contribution in [3.05, 3.63) is 105 Å². The third-order valence-electron chi connectivity index (χ3n) is 9.32. The maximum absolute atomic E-state index is 15.3. The second-order valence-corrected chi connectivity index (χ2v) is 16.1. The monoisotopic (exact) mass is 879 g/mol. The number of halogens is 7. The van der Waals surface area contributed by atoms with E-state index in [-0.39, 0.29) is 53.8 Å². The molecule has 0 saturated heterocycles. The van der Waals surface area contributed by atoms with E-state index in [9.17, 15) is 31.5 Å². The summed E-state index contributed by atoms with van der Waals surface area (Å²) in [5.41, 5.74) is -3.69. The molecule has 0 spiro atoms. The Bertz CT molecular complexity index is 2160. The van der Waals surface area contributed by atoms with Gasteiger partial charge in [-0.15, -0.1) is 0 Å². The predicted molar refractivity (Wildman–Crippen MR) is 201 cm³/mol. The number of carbonyl (C=O) groups is 3. The number of nitrogens with one attached hydrogen (secondary N) is 2. The molecule has 6 rings (SSSR count). The Hall–Kier alpha value is -5.10. The van der Waals surface area contributed by atoms with Gasteiger partial charge < -0.3 is 14.8 Å². The summed E-state index contributed by atoms with van der Waals surface area (Å²) in [6, 6.07) is 18.1. The first-order valence-corrected chi connectivity index (χ1v) is 18.7. The average molecular weight is 881 g/mol. The van der Waals surface area contributed by atoms with Crippen molar-refractivity contribution < 1.29 is 45.8 Å². The summed E-state index contributed by atoms with van der Waals surface area (Å²) >= 11 is 9.90. The van der Waals surface area contributed by atoms with Crippen molar-refractivity contribution in [3.63, 3.8) is 0 Å². The summed E-state index contributed by atoms with van der Waals surface area (Å²) in [5, 5.41) is 7.98. The third-order valence-corrected chi connectivity index (χ3v) is 10.2. The molecule has 57 heavy (non-hydrogen) atoms. The van der Waals surface area contributed by atoms with Crippen LogP contribution < -0.4 is 10.6 Å². The van der Waals surface area contributed by atoms with E-state index in [1.807, 2.05) is 26.1 Å². The second kappa shape index (κ2) is 16.0. The molecule has 12 nitrogen and oxygen atoms in total. The molecule has 2 N–H and O–H groups in total. The second-order valence-electron chi connectivity index (χ2n) is 14.8. The number of nitrogens with zero attached hydrogens (tertiary/aromatic N) is 5. The van der Waals surface area contributed by atoms with E-state index in [4.69, 9.17) is 26.1 Å². The number of guanidine groups is 1. The summed E-state index contributed by atoms with van der Waals surface area (Å²) in [7, 11) is 0. The van der Waals surface area contributed by atoms with Crippen LogP contribution >= 0.6 is 27.5 Å². The van der Waals surface area contributed by atoms with Crippen LogP contribution in [0.5, 0.6) is 0 Å². The summed E-state index contributed by atoms with van der Waals surface area (Å²) in [4.78, 5) is 51.7. The van der Waals surface area contributed by atoms with Crippen LogP contribution in [0.3, 0.4) is 0 Å². The van der Waals surface area contributed by atoms with Gasteiger partial charge in [0.1, 0.15) is 25.1 Å². The highest BCUT2D eigenvalue weighted by molar-refractivity contribution is 9.10. The lowest BCUT2D eigenvalue weighted by atomic mass is 9.75. The van der Waals surface area contributed by atoms with Crippen molar-refractivity contribution in [2.45, 2.75) is 76.5 Å². The zero-order valence-electron chi connectivity index (χ0n) is 30.6. The molecule has 1 aliphatic carbocycles. The number of alkyl halides is 5. The molecule has 1 saturated carbocycles. The van der Waals surface area contributed by atoms with Gasteiger partial charge in [-0.3, -0.25) is 15.0 Å². The lowest BCUT2D eigenvalue weighted by Crippen LogP contribution is -2.51. The van der Waals surface area contributed by atoms with Crippen molar-refractivity contribution in [1.82, 2.24) is 30.3 Å². The van der Waals surface area contributed by atoms with Gasteiger partial charge in [0, 0.05) is 10.0 Å². The molecule has 1 aliphatic heterocycles. The minimum Gasteiger partial charge on any atom is -0.447 e. The van der Waals surface area contributed by atoms with Crippen LogP contribution in [0.2, 0.25) is 5.02 Å². The van der Waals surface area contributed by atoms with Crippen LogP contribution in [0.1, 0.15) is 69.3 Å². The molecule has 19 heteroatoms. The van der Waals surface area contributed by atoms with E-state index >= 15 is 4.79 Å². The van der Waals surface area contributed by atoms with Crippen molar-refractivity contribution >= 4 is 51.6 Å². The SMILES string of the molecule is CC(C)(C)C[C@]1(c2ccc(Br)cc2)N=C(NC(=O)OCc2ccccc2)N([C@H](COC(=O)NC2(C(F)(F)F)CC2)c2ccc(Cl)c(-c3ncnn3C(F)F)c2)C1=O. The minimum absolute atomic E-state index is 0.0480. The van der Waals surface area contributed by atoms with E-state index in [2.05, 4.69) is 31.3 Å². The van der Waals surface area contributed by atoms with E-state index < -0.39 is 60.0 Å². The number of alkyl carbamates (subject to hydrolysis) is 2. The van der Waals surface area contributed by atoms with Crippen molar-refractivity contribution in [2.24, 2.45) is 10.4 Å². The maximum atomic E-state index is 15.3. The first kappa shape index (κ1) is 41.5. The Morgan fingerprint density at radius 1 is 0.982 bits per heavy atom. The van der Waals surface area contributed by atoms with Crippen LogP contribution in [-0.2, 0) is 26.4 Å². The number of aromatic nitrogens is 3. The van der Waals surface area contributed by atoms with Crippen LogP contribution in [0.4, 0.5) is 31.5 Å². The van der Waals surface area contributed by atoms with Gasteiger partial charge in [-0.2, -0.15) is 31.7 Å². The van der Waals surface area contributed by atoms with Gasteiger partial charge in [-0.1, -0.05) is 96.8 Å². The number of benzene rings is 3. The fraction of sp³-hybridized carbons (Fsp3) is 0.368. The van der Waals surface area contributed by atoms with E-state index in [0.29, 0.717) is 20.3 Å². The molecule has 1 aromatic heterocycles. The van der Waals surface area contributed by atoms with Gasteiger partial charge in [0.2, 0.25) is 5.96 Å². The highest BCUT2D eigenvalue weighted by atomic mass is 79.9. The molecule has 2 atom stereocenters. The maximum Gasteiger partial charge on any atom is 0.414 e. The Labute approximate surface area is 336 Å². The Morgan fingerprint density at radius 3 is 2.28 bits per heavy atom. The molecular weight excluding hydrogens is 845 g/mol. The summed E-state index contributed by atoms with van der Waals surface area (Å²) < 4.78 is 81.3. The van der Waals surface area contributed by atoms with E-state index in [1.54, 1.807) is 54.6 Å². The van der Waals surface area contributed by atoms with Crippen LogP contribution in [0.25, 0.3) is 11.4 Å². The molecule has 2 heterocycles. The van der Waals surface area contributed by atoms with Crippen LogP contribution in [-0.4, -0.2) is 62.0 Å². The zero-order valence-corrected chi connectivity index (χ0v) is 33.0. The quantitative estimate of drug-likeness (QED) is 0.143. The topological polar surface area (TPSA) is 140 Å². The molecule has 302 valence electrons. The highest BCUT2D eigenvalue weighted by Crippen LogP contribution is 2.49. The fourth-order valence-electron chi connectivity index (χ4n) is 6.52. The first-order valence-electron chi connectivity index (χ1n) is 17.5. The number of aliphatic imine (C=N–C) groups is 1. The number of ether oxygens (including phenoxy) is 2. The lowest BCUT2D eigenvalue weighted by Gasteiger charge is -2.35. The highest BCUT2D eigenvalue weighted by Gasteiger charge is 2.64. The lowest BCUT2D eigenvalue weighted by molar-refractivity contribution is -0.164. The molecular formula is C38H36BrClF5N7O5. The molecule has 3 aromatic carbocycles. The largest absolute Gasteiger partial charge is 0.447 e. The Balaban J connectivity index is 1.47. The molecule has 0 radical (unpaired) electrons. The normalized spacial score (nSPS) is 18.3. The predicted octanol–water partition coefficient (Wildman–Crippen LogP) is 9.07. The molecule has 4 aromatic rings. The molecule has 1 fully saturated rings. The van der Waals surface area contributed by atoms with Gasteiger partial charge >= 0.3 is 24.9 Å². The number of hydrogen-bond acceptors (Lipinski definition) is 8. The average Bonchev–Trinajstić information content (AvgIpc) is 3.68. The summed E-state index contributed by atoms with van der Waals surface area (Å²) in [5.74, 6) is -1.41. The van der Waals surface area contributed by atoms with Gasteiger partial charge in [0.15, 0.2) is 11.4 Å². The van der Waals surface area contributed by atoms with Crippen molar-refractivity contribution in [2.75, 3.05) is 6.61 Å². The number of rotatable bonds is 11. The summed E-state index contributed by atoms with van der Waals surface area (Å²) in [6.07, 6.45) is -6.97. The molecule has 0 unspecified atom stereocenters. The fourth-order valence-corrected chi connectivity index (χ4v) is 6.99. The van der Waals surface area contributed by atoms with E-state index in [0.717, 1.165) is 11.2 Å². The standard InChI is InChI=1S/C38H36BrClF5N7O5/c1-35(2,3)20-37(24-10-12-25(39)13-11-24)30(53)51(32(49-37)48-33(54)56-18-22-7-5-4-6-8-22)28(19-57-34(55)50-36(15-16-36)38(43,44)45)23-9-14-27(40)26(17-23)29-46-21-47-52(29)31(41)42/h4-14,17,21,28,31H,15-16,18-20H2,1-3H3,(H,50,55)(H,48,49,54)/t28-,37-/m1/s1. The smallest absolute Gasteiger partial charge is 0.414 e. The van der Waals surface area contributed by atoms with E-state index in [1.165, 1.54) is 18.2 Å². The van der Waals surface area contributed by atoms with Gasteiger partial charge in [-0.25, -0.2) is 19.6 Å². The van der Waals surface area contributed by atoms with Gasteiger partial charge in [0.05, 0.1) is 11.1 Å². The van der Waals surface area contributed by atoms with Crippen LogP contribution in [0, 0.1) is 5.41 Å². The zero-order chi connectivity index (χ0) is 41.3. The third kappa shape index (κ3) is 9.06. The Morgan fingerprint density at radius 2 is 1.67 bits per heavy atom. The molecule has 3 amide bonds. The molecule has 2 aliphatic rings. The minimum atomic E-state index is -4.76. The number of carbonyl (C=O) groups excluding carboxylic acids is 3. The Kier molecular flexibility index (Phi) is 11.7. The number of hydrogen-bond donors (Lipinski definition) is 2. The first-order chi connectivity index (χ1) is 26.8. The number of amides is 3.